The van der Waals surface area contributed by atoms with Crippen LogP contribution in [0.15, 0.2) is 12.1 Å². The standard InChI is InChI=1S/C8H8ClNO3/c1-12-5-3-6(8(11)13-2)10-7(9)4-5/h3-4H,1-2H3. The van der Waals surface area contributed by atoms with Crippen molar-refractivity contribution in [3.05, 3.63) is 23.0 Å². The lowest BCUT2D eigenvalue weighted by molar-refractivity contribution is 0.0593. The van der Waals surface area contributed by atoms with E-state index >= 15 is 0 Å². The molecule has 0 amide bonds. The van der Waals surface area contributed by atoms with E-state index < -0.39 is 5.97 Å². The lowest BCUT2D eigenvalue weighted by Crippen LogP contribution is -2.04. The van der Waals surface area contributed by atoms with Crippen molar-refractivity contribution in [2.75, 3.05) is 14.2 Å². The van der Waals surface area contributed by atoms with Crippen molar-refractivity contribution >= 4 is 17.6 Å². The molecule has 0 unspecified atom stereocenters. The summed E-state index contributed by atoms with van der Waals surface area (Å²) in [5, 5.41) is 0.194. The van der Waals surface area contributed by atoms with E-state index in [1.165, 1.54) is 26.4 Å². The van der Waals surface area contributed by atoms with Crippen LogP contribution < -0.4 is 4.74 Å². The zero-order chi connectivity index (χ0) is 9.84. The van der Waals surface area contributed by atoms with Crippen molar-refractivity contribution in [2.45, 2.75) is 0 Å². The van der Waals surface area contributed by atoms with Crippen LogP contribution in [0.5, 0.6) is 5.75 Å². The Balaban J connectivity index is 3.08. The van der Waals surface area contributed by atoms with Gasteiger partial charge in [0, 0.05) is 12.1 Å². The molecule has 70 valence electrons. The molecular weight excluding hydrogens is 194 g/mol. The highest BCUT2D eigenvalue weighted by Gasteiger charge is 2.09. The number of rotatable bonds is 2. The third-order valence-electron chi connectivity index (χ3n) is 1.40. The summed E-state index contributed by atoms with van der Waals surface area (Å²) in [6.07, 6.45) is 0. The molecule has 0 saturated carbocycles. The molecule has 13 heavy (non-hydrogen) atoms. The van der Waals surface area contributed by atoms with Gasteiger partial charge in [-0.2, -0.15) is 0 Å². The Morgan fingerprint density at radius 1 is 1.46 bits per heavy atom. The molecule has 1 heterocycles. The van der Waals surface area contributed by atoms with Gasteiger partial charge in [0.15, 0.2) is 5.69 Å². The van der Waals surface area contributed by atoms with Crippen LogP contribution in [-0.4, -0.2) is 25.2 Å². The molecule has 0 aliphatic rings. The van der Waals surface area contributed by atoms with Gasteiger partial charge in [-0.3, -0.25) is 0 Å². The van der Waals surface area contributed by atoms with E-state index in [0.717, 1.165) is 0 Å². The maximum Gasteiger partial charge on any atom is 0.356 e. The number of pyridine rings is 1. The van der Waals surface area contributed by atoms with Crippen LogP contribution in [0.3, 0.4) is 0 Å². The number of aromatic nitrogens is 1. The molecule has 0 saturated heterocycles. The average Bonchev–Trinajstić information content (AvgIpc) is 2.15. The van der Waals surface area contributed by atoms with Gasteiger partial charge in [0.2, 0.25) is 0 Å². The Morgan fingerprint density at radius 3 is 2.69 bits per heavy atom. The van der Waals surface area contributed by atoms with Gasteiger partial charge in [0.05, 0.1) is 14.2 Å². The maximum absolute atomic E-state index is 11.0. The topological polar surface area (TPSA) is 48.4 Å². The van der Waals surface area contributed by atoms with E-state index in [9.17, 15) is 4.79 Å². The Hall–Kier alpha value is -1.29. The first-order valence-electron chi connectivity index (χ1n) is 3.47. The average molecular weight is 202 g/mol. The van der Waals surface area contributed by atoms with Gasteiger partial charge in [-0.1, -0.05) is 11.6 Å². The van der Waals surface area contributed by atoms with E-state index in [1.54, 1.807) is 0 Å². The van der Waals surface area contributed by atoms with Gasteiger partial charge in [0.1, 0.15) is 10.9 Å². The summed E-state index contributed by atoms with van der Waals surface area (Å²) in [5.41, 5.74) is 0.131. The normalized spacial score (nSPS) is 9.46. The van der Waals surface area contributed by atoms with Gasteiger partial charge in [-0.05, 0) is 0 Å². The molecule has 0 atom stereocenters. The number of ether oxygens (including phenoxy) is 2. The highest BCUT2D eigenvalue weighted by molar-refractivity contribution is 6.29. The highest BCUT2D eigenvalue weighted by Crippen LogP contribution is 2.17. The smallest absolute Gasteiger partial charge is 0.356 e. The molecular formula is C8H8ClNO3. The van der Waals surface area contributed by atoms with Crippen LogP contribution in [0.1, 0.15) is 10.5 Å². The number of methoxy groups -OCH3 is 2. The fourth-order valence-electron chi connectivity index (χ4n) is 0.800. The Morgan fingerprint density at radius 2 is 2.15 bits per heavy atom. The van der Waals surface area contributed by atoms with Crippen LogP contribution in [0.4, 0.5) is 0 Å². The summed E-state index contributed by atoms with van der Waals surface area (Å²) in [6.45, 7) is 0. The molecule has 0 bridgehead atoms. The number of hydrogen-bond donors (Lipinski definition) is 0. The van der Waals surface area contributed by atoms with Gasteiger partial charge in [0.25, 0.3) is 0 Å². The summed E-state index contributed by atoms with van der Waals surface area (Å²) in [6, 6.07) is 2.96. The third-order valence-corrected chi connectivity index (χ3v) is 1.59. The summed E-state index contributed by atoms with van der Waals surface area (Å²) >= 11 is 5.63. The maximum atomic E-state index is 11.0. The molecule has 0 N–H and O–H groups in total. The molecule has 1 aromatic rings. The van der Waals surface area contributed by atoms with Gasteiger partial charge >= 0.3 is 5.97 Å². The van der Waals surface area contributed by atoms with Crippen molar-refractivity contribution in [3.8, 4) is 5.75 Å². The van der Waals surface area contributed by atoms with E-state index in [1.807, 2.05) is 0 Å². The van der Waals surface area contributed by atoms with Crippen molar-refractivity contribution in [2.24, 2.45) is 0 Å². The number of halogens is 1. The highest BCUT2D eigenvalue weighted by atomic mass is 35.5. The number of nitrogens with zero attached hydrogens (tertiary/aromatic N) is 1. The zero-order valence-electron chi connectivity index (χ0n) is 7.20. The molecule has 0 radical (unpaired) electrons. The summed E-state index contributed by atoms with van der Waals surface area (Å²) in [7, 11) is 2.75. The zero-order valence-corrected chi connectivity index (χ0v) is 7.96. The Bertz CT molecular complexity index is 327. The fraction of sp³-hybridized carbons (Fsp3) is 0.250. The monoisotopic (exact) mass is 201 g/mol. The first-order valence-corrected chi connectivity index (χ1v) is 3.85. The minimum Gasteiger partial charge on any atom is -0.497 e. The van der Waals surface area contributed by atoms with E-state index in [0.29, 0.717) is 5.75 Å². The lowest BCUT2D eigenvalue weighted by Gasteiger charge is -2.02. The van der Waals surface area contributed by atoms with Crippen LogP contribution in [-0.2, 0) is 4.74 Å². The second kappa shape index (κ2) is 4.09. The molecule has 0 aliphatic heterocycles. The predicted octanol–water partition coefficient (Wildman–Crippen LogP) is 1.53. The Kier molecular flexibility index (Phi) is 3.08. The molecule has 0 fully saturated rings. The number of hydrogen-bond acceptors (Lipinski definition) is 4. The van der Waals surface area contributed by atoms with Crippen LogP contribution in [0, 0.1) is 0 Å². The summed E-state index contributed by atoms with van der Waals surface area (Å²) in [4.78, 5) is 14.8. The number of carbonyl (C=O) groups is 1. The Labute approximate surface area is 80.4 Å². The number of esters is 1. The molecule has 4 nitrogen and oxygen atoms in total. The fourth-order valence-corrected chi connectivity index (χ4v) is 0.999. The summed E-state index contributed by atoms with van der Waals surface area (Å²) < 4.78 is 9.37. The summed E-state index contributed by atoms with van der Waals surface area (Å²) in [5.74, 6) is -0.0683. The number of carbonyl (C=O) groups excluding carboxylic acids is 1. The third kappa shape index (κ3) is 2.32. The predicted molar refractivity (Wildman–Crippen MR) is 47.1 cm³/mol. The van der Waals surface area contributed by atoms with Gasteiger partial charge in [-0.15, -0.1) is 0 Å². The molecule has 5 heteroatoms. The molecule has 0 aromatic carbocycles. The van der Waals surface area contributed by atoms with Crippen LogP contribution in [0.2, 0.25) is 5.15 Å². The van der Waals surface area contributed by atoms with Crippen LogP contribution in [0.25, 0.3) is 0 Å². The molecule has 1 rings (SSSR count). The first kappa shape index (κ1) is 9.80. The minimum atomic E-state index is -0.541. The van der Waals surface area contributed by atoms with Crippen molar-refractivity contribution in [3.63, 3.8) is 0 Å². The molecule has 0 aliphatic carbocycles. The quantitative estimate of drug-likeness (QED) is 0.538. The molecule has 0 spiro atoms. The van der Waals surface area contributed by atoms with Gasteiger partial charge < -0.3 is 9.47 Å². The van der Waals surface area contributed by atoms with Gasteiger partial charge in [-0.25, -0.2) is 9.78 Å². The lowest BCUT2D eigenvalue weighted by atomic mass is 10.3. The SMILES string of the molecule is COC(=O)c1cc(OC)cc(Cl)n1. The van der Waals surface area contributed by atoms with Crippen LogP contribution >= 0.6 is 11.6 Å². The van der Waals surface area contributed by atoms with E-state index in [-0.39, 0.29) is 10.8 Å². The second-order valence-corrected chi connectivity index (χ2v) is 2.59. The van der Waals surface area contributed by atoms with Crippen molar-refractivity contribution in [1.29, 1.82) is 0 Å². The van der Waals surface area contributed by atoms with Crippen molar-refractivity contribution in [1.82, 2.24) is 4.98 Å². The largest absolute Gasteiger partial charge is 0.497 e. The van der Waals surface area contributed by atoms with Crippen molar-refractivity contribution < 1.29 is 14.3 Å². The second-order valence-electron chi connectivity index (χ2n) is 2.21. The molecule has 1 aromatic heterocycles. The van der Waals surface area contributed by atoms with E-state index in [2.05, 4.69) is 9.72 Å². The van der Waals surface area contributed by atoms with E-state index in [4.69, 9.17) is 16.3 Å². The minimum absolute atomic E-state index is 0.131. The first-order chi connectivity index (χ1) is 6.17.